The van der Waals surface area contributed by atoms with Gasteiger partial charge in [0.15, 0.2) is 0 Å². The van der Waals surface area contributed by atoms with Gasteiger partial charge >= 0.3 is 5.97 Å². The molecule has 18 heavy (non-hydrogen) atoms. The summed E-state index contributed by atoms with van der Waals surface area (Å²) in [5.41, 5.74) is 1.19. The van der Waals surface area contributed by atoms with Gasteiger partial charge in [0, 0.05) is 17.5 Å². The van der Waals surface area contributed by atoms with Crippen molar-refractivity contribution in [3.63, 3.8) is 0 Å². The first-order chi connectivity index (χ1) is 8.61. The summed E-state index contributed by atoms with van der Waals surface area (Å²) >= 11 is 1.39. The van der Waals surface area contributed by atoms with Gasteiger partial charge in [0.05, 0.1) is 0 Å². The minimum Gasteiger partial charge on any atom is -0.477 e. The van der Waals surface area contributed by atoms with E-state index in [4.69, 9.17) is 5.11 Å². The quantitative estimate of drug-likeness (QED) is 0.907. The maximum absolute atomic E-state index is 11.0. The second kappa shape index (κ2) is 5.85. The molecule has 100 valence electrons. The Balaban J connectivity index is 2.10. The largest absolute Gasteiger partial charge is 0.477 e. The first kappa shape index (κ1) is 13.6. The third-order valence-electron chi connectivity index (χ3n) is 3.83. The lowest BCUT2D eigenvalue weighted by atomic mass is 9.99. The average molecular weight is 267 g/mol. The minimum atomic E-state index is -0.806. The summed E-state index contributed by atoms with van der Waals surface area (Å²) in [6.07, 6.45) is 5.07. The molecule has 0 spiro atoms. The number of carbonyl (C=O) groups is 1. The van der Waals surface area contributed by atoms with Crippen molar-refractivity contribution in [2.75, 3.05) is 6.54 Å². The van der Waals surface area contributed by atoms with Gasteiger partial charge in [-0.15, -0.1) is 11.3 Å². The van der Waals surface area contributed by atoms with Crippen molar-refractivity contribution in [1.82, 2.24) is 4.90 Å². The van der Waals surface area contributed by atoms with E-state index in [1.165, 1.54) is 42.6 Å². The summed E-state index contributed by atoms with van der Waals surface area (Å²) < 4.78 is 0. The van der Waals surface area contributed by atoms with E-state index < -0.39 is 5.97 Å². The number of aryl methyl sites for hydroxylation is 1. The van der Waals surface area contributed by atoms with Gasteiger partial charge in [-0.25, -0.2) is 4.79 Å². The summed E-state index contributed by atoms with van der Waals surface area (Å²) in [5, 5.41) is 9.02. The Morgan fingerprint density at radius 2 is 2.33 bits per heavy atom. The zero-order valence-electron chi connectivity index (χ0n) is 11.1. The van der Waals surface area contributed by atoms with E-state index in [1.807, 2.05) is 13.0 Å². The zero-order chi connectivity index (χ0) is 13.1. The van der Waals surface area contributed by atoms with Crippen LogP contribution in [0.2, 0.25) is 0 Å². The highest BCUT2D eigenvalue weighted by molar-refractivity contribution is 7.14. The summed E-state index contributed by atoms with van der Waals surface area (Å²) in [5.74, 6) is -0.806. The van der Waals surface area contributed by atoms with E-state index in [0.717, 1.165) is 18.0 Å². The van der Waals surface area contributed by atoms with E-state index >= 15 is 0 Å². The second-order valence-electron chi connectivity index (χ2n) is 5.03. The number of carboxylic acids is 1. The van der Waals surface area contributed by atoms with Crippen molar-refractivity contribution >= 4 is 17.3 Å². The predicted molar refractivity (Wildman–Crippen MR) is 74.4 cm³/mol. The normalized spacial score (nSPS) is 21.1. The van der Waals surface area contributed by atoms with E-state index in [1.54, 1.807) is 0 Å². The van der Waals surface area contributed by atoms with E-state index in [2.05, 4.69) is 11.8 Å². The number of thiophene rings is 1. The number of nitrogens with zero attached hydrogens (tertiary/aromatic N) is 1. The van der Waals surface area contributed by atoms with Crippen molar-refractivity contribution < 1.29 is 9.90 Å². The molecule has 1 fully saturated rings. The van der Waals surface area contributed by atoms with Crippen molar-refractivity contribution in [1.29, 1.82) is 0 Å². The predicted octanol–water partition coefficient (Wildman–Crippen LogP) is 3.52. The monoisotopic (exact) mass is 267 g/mol. The molecule has 1 unspecified atom stereocenters. The maximum atomic E-state index is 11.0. The van der Waals surface area contributed by atoms with Crippen LogP contribution in [0.1, 0.15) is 52.7 Å². The number of likely N-dealkylation sites (tertiary alicyclic amines) is 1. The highest BCUT2D eigenvalue weighted by Gasteiger charge is 2.22. The molecule has 1 aliphatic heterocycles. The Kier molecular flexibility index (Phi) is 4.40. The molecule has 0 saturated carbocycles. The lowest BCUT2D eigenvalue weighted by molar-refractivity contribution is 0.0702. The summed E-state index contributed by atoms with van der Waals surface area (Å²) in [6, 6.07) is 2.52. The maximum Gasteiger partial charge on any atom is 0.345 e. The number of hydrogen-bond acceptors (Lipinski definition) is 3. The Bertz CT molecular complexity index is 427. The van der Waals surface area contributed by atoms with Crippen molar-refractivity contribution in [2.45, 2.75) is 52.1 Å². The van der Waals surface area contributed by atoms with Crippen LogP contribution in [0.3, 0.4) is 0 Å². The lowest BCUT2D eigenvalue weighted by Crippen LogP contribution is -2.38. The number of hydrogen-bond donors (Lipinski definition) is 1. The Hall–Kier alpha value is -0.870. The average Bonchev–Trinajstić information content (AvgIpc) is 2.72. The molecule has 2 rings (SSSR count). The minimum absolute atomic E-state index is 0.465. The molecule has 0 radical (unpaired) electrons. The first-order valence-corrected chi connectivity index (χ1v) is 7.50. The molecule has 0 amide bonds. The molecular weight excluding hydrogens is 246 g/mol. The van der Waals surface area contributed by atoms with Crippen molar-refractivity contribution in [2.24, 2.45) is 0 Å². The van der Waals surface area contributed by atoms with E-state index in [9.17, 15) is 4.79 Å². The standard InChI is InChI=1S/C14H21NO2S/c1-3-12-6-4-5-7-15(12)9-11-8-13(14(16)17)18-10(11)2/h8,12H,3-7,9H2,1-2H3,(H,16,17). The van der Waals surface area contributed by atoms with E-state index in [-0.39, 0.29) is 0 Å². The smallest absolute Gasteiger partial charge is 0.345 e. The third-order valence-corrected chi connectivity index (χ3v) is 4.91. The molecule has 0 aliphatic carbocycles. The Morgan fingerprint density at radius 1 is 1.56 bits per heavy atom. The number of aromatic carboxylic acids is 1. The van der Waals surface area contributed by atoms with Crippen LogP contribution >= 0.6 is 11.3 Å². The zero-order valence-corrected chi connectivity index (χ0v) is 11.9. The van der Waals surface area contributed by atoms with Crippen molar-refractivity contribution in [3.05, 3.63) is 21.4 Å². The van der Waals surface area contributed by atoms with Gasteiger partial charge in [-0.1, -0.05) is 13.3 Å². The molecule has 1 aromatic heterocycles. The molecule has 2 heterocycles. The fourth-order valence-electron chi connectivity index (χ4n) is 2.73. The Labute approximate surface area is 112 Å². The van der Waals surface area contributed by atoms with Gasteiger partial charge in [-0.3, -0.25) is 4.90 Å². The highest BCUT2D eigenvalue weighted by Crippen LogP contribution is 2.27. The van der Waals surface area contributed by atoms with Crippen LogP contribution in [0, 0.1) is 6.92 Å². The molecule has 4 heteroatoms. The molecule has 3 nitrogen and oxygen atoms in total. The van der Waals surface area contributed by atoms with Crippen LogP contribution < -0.4 is 0 Å². The van der Waals surface area contributed by atoms with E-state index in [0.29, 0.717) is 10.9 Å². The van der Waals surface area contributed by atoms with Crippen LogP contribution in [-0.4, -0.2) is 28.6 Å². The van der Waals surface area contributed by atoms with Gasteiger partial charge in [0.25, 0.3) is 0 Å². The molecule has 0 aromatic carbocycles. The molecule has 1 atom stereocenters. The number of carboxylic acid groups (broad SMARTS) is 1. The molecule has 1 aromatic rings. The molecule has 1 N–H and O–H groups in total. The SMILES string of the molecule is CCC1CCCCN1Cc1cc(C(=O)O)sc1C. The van der Waals surface area contributed by atoms with Gasteiger partial charge in [0.1, 0.15) is 4.88 Å². The summed E-state index contributed by atoms with van der Waals surface area (Å²) in [6.45, 7) is 6.33. The lowest BCUT2D eigenvalue weighted by Gasteiger charge is -2.35. The Morgan fingerprint density at radius 3 is 2.94 bits per heavy atom. The molecule has 0 bridgehead atoms. The van der Waals surface area contributed by atoms with Gasteiger partial charge < -0.3 is 5.11 Å². The second-order valence-corrected chi connectivity index (χ2v) is 6.28. The van der Waals surface area contributed by atoms with Crippen LogP contribution in [0.5, 0.6) is 0 Å². The fourth-order valence-corrected chi connectivity index (χ4v) is 3.60. The molecule has 1 saturated heterocycles. The van der Waals surface area contributed by atoms with Crippen LogP contribution in [-0.2, 0) is 6.54 Å². The molecule has 1 aliphatic rings. The van der Waals surface area contributed by atoms with Crippen LogP contribution in [0.25, 0.3) is 0 Å². The van der Waals surface area contributed by atoms with Gasteiger partial charge in [-0.2, -0.15) is 0 Å². The first-order valence-electron chi connectivity index (χ1n) is 6.68. The van der Waals surface area contributed by atoms with Gasteiger partial charge in [0.2, 0.25) is 0 Å². The fraction of sp³-hybridized carbons (Fsp3) is 0.643. The van der Waals surface area contributed by atoms with Crippen molar-refractivity contribution in [3.8, 4) is 0 Å². The van der Waals surface area contributed by atoms with Crippen LogP contribution in [0.4, 0.5) is 0 Å². The van der Waals surface area contributed by atoms with Gasteiger partial charge in [-0.05, 0) is 44.4 Å². The number of rotatable bonds is 4. The van der Waals surface area contributed by atoms with Crippen LogP contribution in [0.15, 0.2) is 6.07 Å². The topological polar surface area (TPSA) is 40.5 Å². The molecular formula is C14H21NO2S. The third kappa shape index (κ3) is 2.93. The highest BCUT2D eigenvalue weighted by atomic mass is 32.1. The number of piperidine rings is 1. The summed E-state index contributed by atoms with van der Waals surface area (Å²) in [4.78, 5) is 15.1. The summed E-state index contributed by atoms with van der Waals surface area (Å²) in [7, 11) is 0.